The maximum Gasteiger partial charge on any atom is 0.271 e. The van der Waals surface area contributed by atoms with Crippen LogP contribution in [0.4, 0.5) is 0 Å². The summed E-state index contributed by atoms with van der Waals surface area (Å²) in [6.45, 7) is 6.77. The van der Waals surface area contributed by atoms with Crippen molar-refractivity contribution in [1.29, 1.82) is 5.26 Å². The van der Waals surface area contributed by atoms with Crippen molar-refractivity contribution in [3.05, 3.63) is 40.5 Å². The van der Waals surface area contributed by atoms with Crippen LogP contribution in [-0.2, 0) is 9.59 Å². The fraction of sp³-hybridized carbons (Fsp3) is 0.480. The lowest BCUT2D eigenvalue weighted by atomic mass is 9.93. The number of ether oxygens (including phenoxy) is 2. The molecule has 6 nitrogen and oxygen atoms in total. The summed E-state index contributed by atoms with van der Waals surface area (Å²) in [5.74, 6) is 0.352. The first-order valence-electron chi connectivity index (χ1n) is 11.0. The van der Waals surface area contributed by atoms with Crippen LogP contribution in [-0.4, -0.2) is 37.0 Å². The monoisotopic (exact) mass is 424 g/mol. The Balaban J connectivity index is 2.35. The van der Waals surface area contributed by atoms with Crippen LogP contribution in [0, 0.1) is 11.3 Å². The van der Waals surface area contributed by atoms with Crippen molar-refractivity contribution < 1.29 is 19.1 Å². The summed E-state index contributed by atoms with van der Waals surface area (Å²) in [4.78, 5) is 27.0. The van der Waals surface area contributed by atoms with Gasteiger partial charge in [0.2, 0.25) is 0 Å². The molecule has 0 radical (unpaired) electrons. The minimum absolute atomic E-state index is 0.0211. The third-order valence-corrected chi connectivity index (χ3v) is 5.31. The van der Waals surface area contributed by atoms with Crippen molar-refractivity contribution in [1.82, 2.24) is 4.90 Å². The highest BCUT2D eigenvalue weighted by molar-refractivity contribution is 6.19. The molecule has 1 heterocycles. The van der Waals surface area contributed by atoms with E-state index in [2.05, 4.69) is 13.8 Å². The number of nitrogens with zero attached hydrogens (tertiary/aromatic N) is 2. The molecule has 1 aliphatic heterocycles. The van der Waals surface area contributed by atoms with Crippen molar-refractivity contribution in [2.75, 3.05) is 20.3 Å². The van der Waals surface area contributed by atoms with Gasteiger partial charge in [-0.05, 0) is 49.1 Å². The Morgan fingerprint density at radius 2 is 1.77 bits per heavy atom. The molecule has 0 bridgehead atoms. The van der Waals surface area contributed by atoms with Gasteiger partial charge in [-0.15, -0.1) is 0 Å². The summed E-state index contributed by atoms with van der Waals surface area (Å²) < 4.78 is 11.2. The van der Waals surface area contributed by atoms with Gasteiger partial charge in [0.25, 0.3) is 11.8 Å². The van der Waals surface area contributed by atoms with Gasteiger partial charge in [-0.25, -0.2) is 0 Å². The summed E-state index contributed by atoms with van der Waals surface area (Å²) in [5, 5.41) is 9.52. The van der Waals surface area contributed by atoms with Gasteiger partial charge in [0.05, 0.1) is 13.7 Å². The second-order valence-corrected chi connectivity index (χ2v) is 7.60. The third-order valence-electron chi connectivity index (χ3n) is 5.31. The number of carbonyl (C=O) groups excluding carboxylic acids is 2. The molecule has 0 saturated heterocycles. The van der Waals surface area contributed by atoms with E-state index in [1.807, 2.05) is 18.2 Å². The number of imide groups is 1. The zero-order chi connectivity index (χ0) is 22.8. The van der Waals surface area contributed by atoms with E-state index in [1.54, 1.807) is 26.2 Å². The Hall–Kier alpha value is -3.07. The number of carbonyl (C=O) groups is 2. The molecule has 6 heteroatoms. The predicted octanol–water partition coefficient (Wildman–Crippen LogP) is 5.05. The molecule has 1 aliphatic rings. The maximum atomic E-state index is 13.1. The SMILES string of the molecule is CCCCCCN1C(=O)C(C#N)=C(C)/C(=C\c2ccc(OCCCC)c(OC)c2)C1=O. The topological polar surface area (TPSA) is 79.6 Å². The van der Waals surface area contributed by atoms with E-state index >= 15 is 0 Å². The highest BCUT2D eigenvalue weighted by Crippen LogP contribution is 2.32. The van der Waals surface area contributed by atoms with E-state index in [0.717, 1.165) is 44.1 Å². The first-order chi connectivity index (χ1) is 15.0. The Labute approximate surface area is 185 Å². The summed E-state index contributed by atoms with van der Waals surface area (Å²) in [5.41, 5.74) is 1.52. The highest BCUT2D eigenvalue weighted by atomic mass is 16.5. The lowest BCUT2D eigenvalue weighted by Crippen LogP contribution is -2.43. The van der Waals surface area contributed by atoms with Gasteiger partial charge >= 0.3 is 0 Å². The molecule has 1 aromatic carbocycles. The molecule has 0 atom stereocenters. The van der Waals surface area contributed by atoms with Gasteiger partial charge in [-0.1, -0.05) is 45.6 Å². The van der Waals surface area contributed by atoms with Crippen LogP contribution in [0.25, 0.3) is 6.08 Å². The Bertz CT molecular complexity index is 909. The number of unbranched alkanes of at least 4 members (excludes halogenated alkanes) is 4. The quantitative estimate of drug-likeness (QED) is 0.282. The zero-order valence-electron chi connectivity index (χ0n) is 19.0. The van der Waals surface area contributed by atoms with E-state index < -0.39 is 5.91 Å². The number of nitriles is 1. The van der Waals surface area contributed by atoms with Crippen LogP contribution in [0.3, 0.4) is 0 Å². The molecular weight excluding hydrogens is 392 g/mol. The number of amides is 2. The third kappa shape index (κ3) is 5.97. The minimum atomic E-state index is -0.504. The number of benzene rings is 1. The van der Waals surface area contributed by atoms with E-state index in [0.29, 0.717) is 35.8 Å². The van der Waals surface area contributed by atoms with Crippen LogP contribution in [0.15, 0.2) is 34.9 Å². The van der Waals surface area contributed by atoms with Crippen molar-refractivity contribution in [3.63, 3.8) is 0 Å². The Morgan fingerprint density at radius 3 is 2.42 bits per heavy atom. The van der Waals surface area contributed by atoms with E-state index in [9.17, 15) is 14.9 Å². The molecule has 1 aromatic rings. The molecule has 0 saturated carbocycles. The lowest BCUT2D eigenvalue weighted by Gasteiger charge is -2.27. The smallest absolute Gasteiger partial charge is 0.271 e. The Morgan fingerprint density at radius 1 is 1.03 bits per heavy atom. The maximum absolute atomic E-state index is 13.1. The van der Waals surface area contributed by atoms with Gasteiger partial charge in [-0.3, -0.25) is 14.5 Å². The molecule has 0 aliphatic carbocycles. The zero-order valence-corrected chi connectivity index (χ0v) is 19.0. The second-order valence-electron chi connectivity index (χ2n) is 7.60. The molecule has 166 valence electrons. The fourth-order valence-electron chi connectivity index (χ4n) is 3.42. The standard InChI is InChI=1S/C25H32N2O4/c1-5-7-9-10-13-27-24(28)20(18(3)21(17-26)25(27)29)15-19-11-12-22(23(16-19)30-4)31-14-8-6-2/h11-12,15-16H,5-10,13-14H2,1-4H3/b20-15+. The summed E-state index contributed by atoms with van der Waals surface area (Å²) in [7, 11) is 1.57. The minimum Gasteiger partial charge on any atom is -0.493 e. The number of hydrogen-bond donors (Lipinski definition) is 0. The molecule has 0 aromatic heterocycles. The second kappa shape index (κ2) is 11.9. The Kier molecular flexibility index (Phi) is 9.33. The van der Waals surface area contributed by atoms with Crippen molar-refractivity contribution in [2.45, 2.75) is 59.3 Å². The van der Waals surface area contributed by atoms with Crippen LogP contribution in [0.5, 0.6) is 11.5 Å². The number of rotatable bonds is 11. The van der Waals surface area contributed by atoms with Crippen molar-refractivity contribution in [3.8, 4) is 17.6 Å². The first kappa shape index (κ1) is 24.2. The van der Waals surface area contributed by atoms with Gasteiger partial charge in [0.1, 0.15) is 11.6 Å². The van der Waals surface area contributed by atoms with Gasteiger partial charge in [0, 0.05) is 12.1 Å². The van der Waals surface area contributed by atoms with Crippen molar-refractivity contribution in [2.24, 2.45) is 0 Å². The van der Waals surface area contributed by atoms with Crippen LogP contribution >= 0.6 is 0 Å². The van der Waals surface area contributed by atoms with Gasteiger partial charge in [0.15, 0.2) is 11.5 Å². The molecule has 0 unspecified atom stereocenters. The van der Waals surface area contributed by atoms with E-state index in [4.69, 9.17) is 9.47 Å². The molecule has 0 spiro atoms. The molecule has 2 amide bonds. The first-order valence-corrected chi connectivity index (χ1v) is 11.0. The molecule has 2 rings (SSSR count). The summed E-state index contributed by atoms with van der Waals surface area (Å²) >= 11 is 0. The average molecular weight is 425 g/mol. The summed E-state index contributed by atoms with van der Waals surface area (Å²) in [6, 6.07) is 7.43. The van der Waals surface area contributed by atoms with Crippen molar-refractivity contribution >= 4 is 17.9 Å². The lowest BCUT2D eigenvalue weighted by molar-refractivity contribution is -0.140. The number of methoxy groups -OCH3 is 1. The molecular formula is C25H32N2O4. The number of hydrogen-bond acceptors (Lipinski definition) is 5. The van der Waals surface area contributed by atoms with Crippen LogP contribution in [0.1, 0.15) is 64.9 Å². The highest BCUT2D eigenvalue weighted by Gasteiger charge is 2.35. The predicted molar refractivity (Wildman–Crippen MR) is 121 cm³/mol. The van der Waals surface area contributed by atoms with Crippen LogP contribution < -0.4 is 9.47 Å². The summed E-state index contributed by atoms with van der Waals surface area (Å²) in [6.07, 6.45) is 7.48. The average Bonchev–Trinajstić information content (AvgIpc) is 2.77. The van der Waals surface area contributed by atoms with E-state index in [-0.39, 0.29) is 11.5 Å². The fourth-order valence-corrected chi connectivity index (χ4v) is 3.42. The van der Waals surface area contributed by atoms with Crippen LogP contribution in [0.2, 0.25) is 0 Å². The van der Waals surface area contributed by atoms with Gasteiger partial charge in [-0.2, -0.15) is 5.26 Å². The van der Waals surface area contributed by atoms with Gasteiger partial charge < -0.3 is 9.47 Å². The normalized spacial score (nSPS) is 15.5. The molecule has 0 fully saturated rings. The molecule has 0 N–H and O–H groups in total. The largest absolute Gasteiger partial charge is 0.493 e. The van der Waals surface area contributed by atoms with E-state index in [1.165, 1.54) is 4.90 Å². The molecule has 31 heavy (non-hydrogen) atoms.